The first-order chi connectivity index (χ1) is 8.87. The van der Waals surface area contributed by atoms with Crippen LogP contribution < -0.4 is 10.2 Å². The van der Waals surface area contributed by atoms with E-state index in [-0.39, 0.29) is 23.6 Å². The van der Waals surface area contributed by atoms with Gasteiger partial charge in [-0.1, -0.05) is 31.7 Å². The normalized spacial score (nSPS) is 33.4. The smallest absolute Gasteiger partial charge is 0.218 e. The van der Waals surface area contributed by atoms with Gasteiger partial charge >= 0.3 is 0 Å². The lowest BCUT2D eigenvalue weighted by atomic mass is 10.1. The lowest BCUT2D eigenvalue weighted by molar-refractivity contribution is 0.502. The summed E-state index contributed by atoms with van der Waals surface area (Å²) in [6.45, 7) is 0. The first-order valence-corrected chi connectivity index (χ1v) is 9.07. The molecule has 1 aromatic rings. The van der Waals surface area contributed by atoms with Crippen molar-refractivity contribution in [2.75, 3.05) is 16.4 Å². The molecule has 1 aromatic carbocycles. The van der Waals surface area contributed by atoms with Gasteiger partial charge in [0.15, 0.2) is 16.6 Å². The molecule has 0 radical (unpaired) electrons. The fourth-order valence-corrected chi connectivity index (χ4v) is 5.65. The van der Waals surface area contributed by atoms with Gasteiger partial charge in [0.2, 0.25) is 10.2 Å². The van der Waals surface area contributed by atoms with Crippen LogP contribution in [0.1, 0.15) is 0 Å². The third kappa shape index (κ3) is 2.42. The zero-order chi connectivity index (χ0) is 13.8. The maximum Gasteiger partial charge on any atom is 0.218 e. The Balaban J connectivity index is 2.00. The second kappa shape index (κ2) is 4.66. The summed E-state index contributed by atoms with van der Waals surface area (Å²) in [4.78, 5) is 1.86. The monoisotopic (exact) mass is 381 g/mol. The number of hydrogen-bond donors (Lipinski definition) is 2. The van der Waals surface area contributed by atoms with Crippen LogP contribution in [0.3, 0.4) is 0 Å². The zero-order valence-corrected chi connectivity index (χ0v) is 13.7. The third-order valence-corrected chi connectivity index (χ3v) is 6.22. The summed E-state index contributed by atoms with van der Waals surface area (Å²) in [5, 5.41) is 4.24. The third-order valence-electron chi connectivity index (χ3n) is 3.36. The molecule has 0 saturated carbocycles. The van der Waals surface area contributed by atoms with E-state index in [4.69, 9.17) is 23.8 Å². The predicted octanol–water partition coefficient (Wildman–Crippen LogP) is 2.52. The fraction of sp³-hybridized carbons (Fsp3) is 0.364. The van der Waals surface area contributed by atoms with Crippen LogP contribution in [0.25, 0.3) is 0 Å². The van der Waals surface area contributed by atoms with Crippen molar-refractivity contribution in [3.8, 4) is 0 Å². The number of nitrogens with one attached hydrogen (secondary N) is 1. The van der Waals surface area contributed by atoms with Gasteiger partial charge in [-0.3, -0.25) is 0 Å². The maximum absolute atomic E-state index is 11.8. The van der Waals surface area contributed by atoms with Crippen molar-refractivity contribution in [2.24, 2.45) is 0 Å². The average molecular weight is 383 g/mol. The van der Waals surface area contributed by atoms with Crippen LogP contribution in [0.2, 0.25) is 5.02 Å². The van der Waals surface area contributed by atoms with E-state index in [2.05, 4.69) is 21.2 Å². The molecule has 8 heteroatoms. The highest BCUT2D eigenvalue weighted by atomic mass is 79.9. The molecule has 2 heterocycles. The minimum Gasteiger partial charge on any atom is -0.352 e. The molecular weight excluding hydrogens is 372 g/mol. The van der Waals surface area contributed by atoms with E-state index >= 15 is 0 Å². The molecule has 3 rings (SSSR count). The minimum absolute atomic E-state index is 0.0790. The van der Waals surface area contributed by atoms with Crippen molar-refractivity contribution in [3.05, 3.63) is 27.7 Å². The molecule has 2 aliphatic heterocycles. The van der Waals surface area contributed by atoms with E-state index in [1.165, 1.54) is 0 Å². The van der Waals surface area contributed by atoms with Crippen LogP contribution in [0, 0.1) is 0 Å². The van der Waals surface area contributed by atoms with Crippen LogP contribution in [-0.2, 0) is 14.4 Å². The summed E-state index contributed by atoms with van der Waals surface area (Å²) in [5.41, 5.74) is 0.770. The van der Waals surface area contributed by atoms with Crippen molar-refractivity contribution >= 4 is 60.8 Å². The highest BCUT2D eigenvalue weighted by molar-refractivity contribution is 9.10. The fourth-order valence-electron chi connectivity index (χ4n) is 2.58. The Kier molecular flexibility index (Phi) is 3.38. The molecular formula is C11H11BrClN2O2S2+. The molecule has 2 fully saturated rings. The summed E-state index contributed by atoms with van der Waals surface area (Å²) >= 11 is 14.9. The molecule has 2 aliphatic rings. The van der Waals surface area contributed by atoms with Crippen molar-refractivity contribution in [2.45, 2.75) is 12.1 Å². The molecule has 2 N–H and O–H groups in total. The average Bonchev–Trinajstić information content (AvgIpc) is 2.70. The Labute approximate surface area is 130 Å². The molecule has 0 amide bonds. The SMILES string of the molecule is O=[S+]1(O)C[C@@H]2NC(=S)N(c3ccc(Br)cc3Cl)[C@H]2C1. The number of hydrogen-bond acceptors (Lipinski definition) is 2. The Morgan fingerprint density at radius 2 is 2.26 bits per heavy atom. The zero-order valence-electron chi connectivity index (χ0n) is 9.68. The molecule has 4 nitrogen and oxygen atoms in total. The Bertz CT molecular complexity index is 612. The highest BCUT2D eigenvalue weighted by Gasteiger charge is 2.54. The number of benzene rings is 1. The summed E-state index contributed by atoms with van der Waals surface area (Å²) in [6, 6.07) is 5.34. The number of nitrogens with zero attached hydrogens (tertiary/aromatic N) is 1. The van der Waals surface area contributed by atoms with Crippen molar-refractivity contribution in [1.82, 2.24) is 5.32 Å². The number of fused-ring (bicyclic) bond motifs is 1. The van der Waals surface area contributed by atoms with Crippen LogP contribution >= 0.6 is 39.7 Å². The largest absolute Gasteiger partial charge is 0.352 e. The van der Waals surface area contributed by atoms with Gasteiger partial charge in [-0.25, -0.2) is 0 Å². The minimum atomic E-state index is -2.76. The first kappa shape index (κ1) is 13.8. The number of rotatable bonds is 1. The maximum atomic E-state index is 11.8. The lowest BCUT2D eigenvalue weighted by Gasteiger charge is -2.23. The van der Waals surface area contributed by atoms with E-state index in [0.717, 1.165) is 10.2 Å². The Morgan fingerprint density at radius 3 is 2.95 bits per heavy atom. The van der Waals surface area contributed by atoms with Gasteiger partial charge in [0, 0.05) is 4.47 Å². The lowest BCUT2D eigenvalue weighted by Crippen LogP contribution is -2.37. The number of halogens is 2. The van der Waals surface area contributed by atoms with Gasteiger partial charge in [-0.15, -0.1) is 0 Å². The first-order valence-electron chi connectivity index (χ1n) is 5.64. The van der Waals surface area contributed by atoms with Gasteiger partial charge in [-0.05, 0) is 30.4 Å². The molecule has 0 aromatic heterocycles. The molecule has 0 spiro atoms. The summed E-state index contributed by atoms with van der Waals surface area (Å²) in [5.74, 6) is 0.458. The van der Waals surface area contributed by atoms with Gasteiger partial charge in [0.1, 0.15) is 12.1 Å². The molecule has 102 valence electrons. The van der Waals surface area contributed by atoms with Gasteiger partial charge < -0.3 is 10.2 Å². The second-order valence-corrected chi connectivity index (χ2v) is 8.62. The van der Waals surface area contributed by atoms with Crippen molar-refractivity contribution < 1.29 is 8.76 Å². The van der Waals surface area contributed by atoms with Crippen LogP contribution in [0.5, 0.6) is 0 Å². The second-order valence-electron chi connectivity index (χ2n) is 4.69. The predicted molar refractivity (Wildman–Crippen MR) is 85.4 cm³/mol. The van der Waals surface area contributed by atoms with Crippen LogP contribution in [0.4, 0.5) is 5.69 Å². The van der Waals surface area contributed by atoms with E-state index in [1.54, 1.807) is 6.07 Å². The Morgan fingerprint density at radius 1 is 1.53 bits per heavy atom. The van der Waals surface area contributed by atoms with Gasteiger partial charge in [0.05, 0.1) is 10.7 Å². The highest BCUT2D eigenvalue weighted by Crippen LogP contribution is 2.36. The molecule has 1 unspecified atom stereocenters. The van der Waals surface area contributed by atoms with E-state index in [9.17, 15) is 8.76 Å². The molecule has 0 aliphatic carbocycles. The summed E-state index contributed by atoms with van der Waals surface area (Å²) in [7, 11) is -2.76. The molecule has 3 atom stereocenters. The van der Waals surface area contributed by atoms with Crippen molar-refractivity contribution in [3.63, 3.8) is 0 Å². The quantitative estimate of drug-likeness (QED) is 0.577. The molecule has 19 heavy (non-hydrogen) atoms. The standard InChI is InChI=1S/C11H10BrClN2O2S2/c12-6-1-2-9(7(13)3-6)15-10-5-19(16,17)4-8(10)14-11(15)18/h1-3,8,10H,4-5H2,(H-,14,16,17,18)/p+1/t8-,10-/m0/s1. The van der Waals surface area contributed by atoms with E-state index in [1.807, 2.05) is 17.0 Å². The van der Waals surface area contributed by atoms with Crippen LogP contribution in [0.15, 0.2) is 22.7 Å². The van der Waals surface area contributed by atoms with Gasteiger partial charge in [-0.2, -0.15) is 4.55 Å². The summed E-state index contributed by atoms with van der Waals surface area (Å²) < 4.78 is 22.5. The van der Waals surface area contributed by atoms with E-state index < -0.39 is 10.2 Å². The summed E-state index contributed by atoms with van der Waals surface area (Å²) in [6.07, 6.45) is 0. The van der Waals surface area contributed by atoms with Crippen molar-refractivity contribution in [1.29, 1.82) is 0 Å². The van der Waals surface area contributed by atoms with Crippen LogP contribution in [-0.4, -0.2) is 33.3 Å². The molecule has 0 bridgehead atoms. The van der Waals surface area contributed by atoms with Gasteiger partial charge in [0.25, 0.3) is 0 Å². The number of anilines is 1. The molecule has 2 saturated heterocycles. The Hall–Kier alpha value is -0.210. The van der Waals surface area contributed by atoms with E-state index in [0.29, 0.717) is 10.1 Å². The number of thiocarbonyl (C=S) groups is 1. The topological polar surface area (TPSA) is 52.6 Å².